The number of carbonyl (C=O) groups is 1. The van der Waals surface area contributed by atoms with Gasteiger partial charge in [-0.3, -0.25) is 9.59 Å². The number of benzene rings is 1. The van der Waals surface area contributed by atoms with E-state index in [2.05, 4.69) is 15.6 Å². The van der Waals surface area contributed by atoms with E-state index in [9.17, 15) is 22.8 Å². The average molecular weight is 443 g/mol. The second-order valence-electron chi connectivity index (χ2n) is 6.68. The minimum atomic E-state index is -4.57. The van der Waals surface area contributed by atoms with Crippen LogP contribution in [0.4, 0.5) is 18.9 Å². The van der Waals surface area contributed by atoms with Crippen LogP contribution in [0.15, 0.2) is 23.0 Å². The van der Waals surface area contributed by atoms with E-state index in [0.29, 0.717) is 10.2 Å². The number of alkyl halides is 3. The van der Waals surface area contributed by atoms with Gasteiger partial charge in [-0.05, 0) is 49.4 Å². The minimum Gasteiger partial charge on any atom is -0.323 e. The summed E-state index contributed by atoms with van der Waals surface area (Å²) in [7, 11) is 0. The number of halogens is 4. The van der Waals surface area contributed by atoms with E-state index in [1.54, 1.807) is 0 Å². The molecule has 0 bridgehead atoms. The average Bonchev–Trinajstić information content (AvgIpc) is 3.04. The van der Waals surface area contributed by atoms with Crippen LogP contribution in [0.1, 0.15) is 28.8 Å². The van der Waals surface area contributed by atoms with Crippen LogP contribution in [0.25, 0.3) is 10.2 Å². The fourth-order valence-corrected chi connectivity index (χ4v) is 4.70. The van der Waals surface area contributed by atoms with Gasteiger partial charge in [0.15, 0.2) is 4.83 Å². The molecule has 4 rings (SSSR count). The summed E-state index contributed by atoms with van der Waals surface area (Å²) in [5.74, 6) is -0.730. The third kappa shape index (κ3) is 3.86. The van der Waals surface area contributed by atoms with E-state index >= 15 is 0 Å². The lowest BCUT2D eigenvalue weighted by molar-refractivity contribution is -0.137. The Morgan fingerprint density at radius 1 is 1.28 bits per heavy atom. The summed E-state index contributed by atoms with van der Waals surface area (Å²) in [5, 5.41) is 10.6. The maximum Gasteiger partial charge on any atom is 0.416 e. The van der Waals surface area contributed by atoms with Crippen LogP contribution in [0, 0.1) is 0 Å². The Morgan fingerprint density at radius 3 is 2.79 bits per heavy atom. The van der Waals surface area contributed by atoms with Crippen molar-refractivity contribution in [2.45, 2.75) is 38.4 Å². The summed E-state index contributed by atoms with van der Waals surface area (Å²) in [4.78, 5) is 26.8. The van der Waals surface area contributed by atoms with Crippen molar-refractivity contribution in [3.8, 4) is 0 Å². The molecule has 0 aliphatic heterocycles. The lowest BCUT2D eigenvalue weighted by Crippen LogP contribution is -2.30. The second-order valence-corrected chi connectivity index (χ2v) is 8.17. The summed E-state index contributed by atoms with van der Waals surface area (Å²) in [6.07, 6.45) is -0.862. The van der Waals surface area contributed by atoms with Crippen molar-refractivity contribution >= 4 is 44.7 Å². The molecule has 1 aromatic carbocycles. The number of anilines is 1. The number of nitrogens with one attached hydrogen (secondary N) is 1. The number of fused-ring (bicyclic) bond motifs is 3. The SMILES string of the molecule is O=C(Cn1nnc2sc3c(c2c1=O)CCCC3)Nc1cc(C(F)(F)F)ccc1Cl. The van der Waals surface area contributed by atoms with Crippen LogP contribution < -0.4 is 10.9 Å². The van der Waals surface area contributed by atoms with Crippen LogP contribution in [-0.4, -0.2) is 20.9 Å². The van der Waals surface area contributed by atoms with Gasteiger partial charge < -0.3 is 5.32 Å². The largest absolute Gasteiger partial charge is 0.416 e. The van der Waals surface area contributed by atoms with Crippen molar-refractivity contribution in [1.29, 1.82) is 0 Å². The number of hydrogen-bond acceptors (Lipinski definition) is 5. The van der Waals surface area contributed by atoms with E-state index in [4.69, 9.17) is 11.6 Å². The van der Waals surface area contributed by atoms with Crippen molar-refractivity contribution < 1.29 is 18.0 Å². The summed E-state index contributed by atoms with van der Waals surface area (Å²) >= 11 is 7.33. The first-order chi connectivity index (χ1) is 13.7. The fraction of sp³-hybridized carbons (Fsp3) is 0.333. The predicted octanol–water partition coefficient (Wildman–Crippen LogP) is 4.04. The lowest BCUT2D eigenvalue weighted by Gasteiger charge is -2.12. The highest BCUT2D eigenvalue weighted by Crippen LogP contribution is 2.34. The number of rotatable bonds is 3. The van der Waals surface area contributed by atoms with Gasteiger partial charge in [0, 0.05) is 4.88 Å². The summed E-state index contributed by atoms with van der Waals surface area (Å²) in [6.45, 7) is -0.487. The molecule has 2 heterocycles. The van der Waals surface area contributed by atoms with Gasteiger partial charge in [0.25, 0.3) is 5.56 Å². The molecular weight excluding hydrogens is 429 g/mol. The number of thiophene rings is 1. The molecule has 0 spiro atoms. The van der Waals surface area contributed by atoms with Crippen molar-refractivity contribution in [2.75, 3.05) is 5.32 Å². The highest BCUT2D eigenvalue weighted by atomic mass is 35.5. The molecule has 11 heteroatoms. The smallest absolute Gasteiger partial charge is 0.323 e. The third-order valence-corrected chi connectivity index (χ3v) is 6.21. The Kier molecular flexibility index (Phi) is 5.07. The molecule has 0 saturated carbocycles. The van der Waals surface area contributed by atoms with Gasteiger partial charge in [-0.1, -0.05) is 16.8 Å². The quantitative estimate of drug-likeness (QED) is 0.664. The van der Waals surface area contributed by atoms with E-state index in [1.165, 1.54) is 11.3 Å². The zero-order chi connectivity index (χ0) is 20.8. The van der Waals surface area contributed by atoms with Crippen molar-refractivity contribution in [2.24, 2.45) is 0 Å². The molecule has 29 heavy (non-hydrogen) atoms. The van der Waals surface area contributed by atoms with Gasteiger partial charge in [0.05, 0.1) is 21.7 Å². The molecule has 1 N–H and O–H groups in total. The topological polar surface area (TPSA) is 76.9 Å². The van der Waals surface area contributed by atoms with Gasteiger partial charge in [0.1, 0.15) is 6.54 Å². The first-order valence-corrected chi connectivity index (χ1v) is 9.98. The zero-order valence-corrected chi connectivity index (χ0v) is 16.4. The van der Waals surface area contributed by atoms with Crippen LogP contribution in [0.2, 0.25) is 5.02 Å². The minimum absolute atomic E-state index is 0.0489. The first kappa shape index (κ1) is 19.8. The molecule has 1 amide bonds. The van der Waals surface area contributed by atoms with Gasteiger partial charge in [-0.15, -0.1) is 16.4 Å². The lowest BCUT2D eigenvalue weighted by atomic mass is 9.97. The number of aromatic nitrogens is 3. The van der Waals surface area contributed by atoms with E-state index in [0.717, 1.165) is 59.0 Å². The highest BCUT2D eigenvalue weighted by Gasteiger charge is 2.31. The summed E-state index contributed by atoms with van der Waals surface area (Å²) < 4.78 is 39.5. The monoisotopic (exact) mass is 442 g/mol. The van der Waals surface area contributed by atoms with Crippen molar-refractivity contribution in [1.82, 2.24) is 15.0 Å². The standard InChI is InChI=1S/C18H14ClF3N4O2S/c19-11-6-5-9(18(20,21)22)7-12(11)23-14(27)8-26-17(28)15-10-3-1-2-4-13(10)29-16(15)24-25-26/h5-7H,1-4,8H2,(H,23,27). The maximum atomic E-state index is 12.9. The van der Waals surface area contributed by atoms with E-state index < -0.39 is 29.8 Å². The van der Waals surface area contributed by atoms with Gasteiger partial charge in [-0.2, -0.15) is 13.2 Å². The Morgan fingerprint density at radius 2 is 2.03 bits per heavy atom. The normalized spacial score (nSPS) is 14.1. The fourth-order valence-electron chi connectivity index (χ4n) is 3.33. The summed E-state index contributed by atoms with van der Waals surface area (Å²) in [5.41, 5.74) is -0.604. The van der Waals surface area contributed by atoms with Gasteiger partial charge in [0.2, 0.25) is 5.91 Å². The van der Waals surface area contributed by atoms with Gasteiger partial charge in [-0.25, -0.2) is 4.68 Å². The Labute approximate surface area is 171 Å². The molecule has 3 aromatic rings. The number of amides is 1. The second kappa shape index (κ2) is 7.42. The molecule has 1 aliphatic rings. The highest BCUT2D eigenvalue weighted by molar-refractivity contribution is 7.18. The van der Waals surface area contributed by atoms with E-state index in [-0.39, 0.29) is 10.7 Å². The third-order valence-electron chi connectivity index (χ3n) is 4.71. The number of carbonyl (C=O) groups excluding carboxylic acids is 1. The number of hydrogen-bond donors (Lipinski definition) is 1. The molecule has 0 fully saturated rings. The Balaban J connectivity index is 1.60. The molecule has 152 valence electrons. The van der Waals surface area contributed by atoms with Crippen LogP contribution >= 0.6 is 22.9 Å². The molecule has 2 aromatic heterocycles. The molecular formula is C18H14ClF3N4O2S. The molecule has 0 unspecified atom stereocenters. The first-order valence-electron chi connectivity index (χ1n) is 8.78. The predicted molar refractivity (Wildman–Crippen MR) is 103 cm³/mol. The zero-order valence-electron chi connectivity index (χ0n) is 14.8. The number of aryl methyl sites for hydroxylation is 2. The number of nitrogens with zero attached hydrogens (tertiary/aromatic N) is 3. The van der Waals surface area contributed by atoms with Gasteiger partial charge >= 0.3 is 6.18 Å². The van der Waals surface area contributed by atoms with Crippen LogP contribution in [0.5, 0.6) is 0 Å². The maximum absolute atomic E-state index is 12.9. The van der Waals surface area contributed by atoms with E-state index in [1.807, 2.05) is 0 Å². The molecule has 0 radical (unpaired) electrons. The Bertz CT molecular complexity index is 1170. The van der Waals surface area contributed by atoms with Crippen LogP contribution in [0.3, 0.4) is 0 Å². The summed E-state index contributed by atoms with van der Waals surface area (Å²) in [6, 6.07) is 2.62. The molecule has 1 aliphatic carbocycles. The van der Waals surface area contributed by atoms with Crippen LogP contribution in [-0.2, 0) is 30.4 Å². The van der Waals surface area contributed by atoms with Crippen molar-refractivity contribution in [3.05, 3.63) is 49.6 Å². The molecule has 0 saturated heterocycles. The molecule has 6 nitrogen and oxygen atoms in total. The Hall–Kier alpha value is -2.46. The van der Waals surface area contributed by atoms with Crippen molar-refractivity contribution in [3.63, 3.8) is 0 Å². The molecule has 0 atom stereocenters.